The highest BCUT2D eigenvalue weighted by atomic mass is 16.3. The molecule has 1 aromatic rings. The van der Waals surface area contributed by atoms with Crippen LogP contribution in [0.1, 0.15) is 19.3 Å². The summed E-state index contributed by atoms with van der Waals surface area (Å²) in [6.07, 6.45) is 4.54. The van der Waals surface area contributed by atoms with E-state index in [1.165, 1.54) is 11.1 Å². The van der Waals surface area contributed by atoms with Gasteiger partial charge < -0.3 is 15.7 Å². The van der Waals surface area contributed by atoms with E-state index < -0.39 is 6.10 Å². The Labute approximate surface area is 106 Å². The second-order valence-corrected chi connectivity index (χ2v) is 4.67. The molecule has 2 rings (SSSR count). The van der Waals surface area contributed by atoms with Gasteiger partial charge in [0.25, 0.3) is 5.56 Å². The lowest BCUT2D eigenvalue weighted by Gasteiger charge is -2.28. The molecular weight excluding hydrogens is 232 g/mol. The van der Waals surface area contributed by atoms with Crippen LogP contribution in [0.5, 0.6) is 0 Å². The number of aliphatic hydroxyl groups excluding tert-OH is 1. The molecule has 1 atom stereocenters. The van der Waals surface area contributed by atoms with Crippen molar-refractivity contribution < 1.29 is 5.11 Å². The molecule has 6 heteroatoms. The SMILES string of the molecule is NC[C@@H](O)Cn1ncc(N2CCCCC2)cc1=O. The number of hydrogen-bond donors (Lipinski definition) is 2. The molecule has 0 saturated carbocycles. The van der Waals surface area contributed by atoms with E-state index in [0.717, 1.165) is 31.6 Å². The number of nitrogens with two attached hydrogens (primary N) is 1. The van der Waals surface area contributed by atoms with Gasteiger partial charge >= 0.3 is 0 Å². The molecule has 0 bridgehead atoms. The molecule has 1 aliphatic heterocycles. The first-order valence-corrected chi connectivity index (χ1v) is 6.41. The summed E-state index contributed by atoms with van der Waals surface area (Å²) in [7, 11) is 0. The van der Waals surface area contributed by atoms with Crippen LogP contribution < -0.4 is 16.2 Å². The van der Waals surface area contributed by atoms with E-state index in [1.807, 2.05) is 0 Å². The third kappa shape index (κ3) is 3.08. The molecule has 0 aromatic carbocycles. The van der Waals surface area contributed by atoms with E-state index in [-0.39, 0.29) is 18.6 Å². The fourth-order valence-electron chi connectivity index (χ4n) is 2.16. The average molecular weight is 252 g/mol. The van der Waals surface area contributed by atoms with Crippen LogP contribution in [0.2, 0.25) is 0 Å². The summed E-state index contributed by atoms with van der Waals surface area (Å²) in [5.74, 6) is 0. The normalized spacial score (nSPS) is 17.8. The van der Waals surface area contributed by atoms with Crippen molar-refractivity contribution in [3.63, 3.8) is 0 Å². The fraction of sp³-hybridized carbons (Fsp3) is 0.667. The summed E-state index contributed by atoms with van der Waals surface area (Å²) in [6, 6.07) is 1.58. The maximum Gasteiger partial charge on any atom is 0.268 e. The summed E-state index contributed by atoms with van der Waals surface area (Å²) < 4.78 is 1.25. The molecule has 1 aromatic heterocycles. The zero-order chi connectivity index (χ0) is 13.0. The predicted molar refractivity (Wildman–Crippen MR) is 69.6 cm³/mol. The standard InChI is InChI=1S/C12H20N4O2/c13-7-11(17)9-16-12(18)6-10(8-14-16)15-4-2-1-3-5-15/h6,8,11,17H,1-5,7,9,13H2/t11-/m1/s1. The van der Waals surface area contributed by atoms with E-state index in [1.54, 1.807) is 12.3 Å². The second kappa shape index (κ2) is 5.97. The Bertz CT molecular complexity index is 440. The number of aromatic nitrogens is 2. The highest BCUT2D eigenvalue weighted by molar-refractivity contribution is 5.43. The molecule has 3 N–H and O–H groups in total. The van der Waals surface area contributed by atoms with E-state index in [2.05, 4.69) is 10.00 Å². The molecule has 0 spiro atoms. The third-order valence-corrected chi connectivity index (χ3v) is 3.23. The summed E-state index contributed by atoms with van der Waals surface area (Å²) in [6.45, 7) is 2.24. The third-order valence-electron chi connectivity index (χ3n) is 3.23. The van der Waals surface area contributed by atoms with Gasteiger partial charge in [0.15, 0.2) is 0 Å². The van der Waals surface area contributed by atoms with Crippen LogP contribution in [0.15, 0.2) is 17.1 Å². The molecule has 6 nitrogen and oxygen atoms in total. The van der Waals surface area contributed by atoms with Gasteiger partial charge in [-0.15, -0.1) is 0 Å². The first-order valence-electron chi connectivity index (χ1n) is 6.41. The van der Waals surface area contributed by atoms with Gasteiger partial charge in [0.2, 0.25) is 0 Å². The Morgan fingerprint density at radius 3 is 2.72 bits per heavy atom. The van der Waals surface area contributed by atoms with E-state index >= 15 is 0 Å². The molecular formula is C12H20N4O2. The monoisotopic (exact) mass is 252 g/mol. The molecule has 2 heterocycles. The average Bonchev–Trinajstić information content (AvgIpc) is 2.42. The molecule has 0 radical (unpaired) electrons. The van der Waals surface area contributed by atoms with Gasteiger partial charge in [-0.2, -0.15) is 5.10 Å². The molecule has 100 valence electrons. The number of anilines is 1. The Kier molecular flexibility index (Phi) is 4.33. The zero-order valence-electron chi connectivity index (χ0n) is 10.5. The van der Waals surface area contributed by atoms with Crippen LogP contribution in [-0.2, 0) is 6.54 Å². The minimum absolute atomic E-state index is 0.127. The van der Waals surface area contributed by atoms with Crippen LogP contribution in [0, 0.1) is 0 Å². The number of piperidine rings is 1. The Balaban J connectivity index is 2.11. The first-order chi connectivity index (χ1) is 8.70. The molecule has 1 saturated heterocycles. The van der Waals surface area contributed by atoms with Gasteiger partial charge in [0.05, 0.1) is 24.5 Å². The van der Waals surface area contributed by atoms with Gasteiger partial charge in [-0.25, -0.2) is 4.68 Å². The maximum atomic E-state index is 11.9. The van der Waals surface area contributed by atoms with Crippen molar-refractivity contribution in [3.05, 3.63) is 22.6 Å². The van der Waals surface area contributed by atoms with Crippen molar-refractivity contribution in [2.45, 2.75) is 31.9 Å². The smallest absolute Gasteiger partial charge is 0.268 e. The zero-order valence-corrected chi connectivity index (χ0v) is 10.5. The lowest BCUT2D eigenvalue weighted by Crippen LogP contribution is -2.35. The van der Waals surface area contributed by atoms with E-state index in [0.29, 0.717) is 0 Å². The fourth-order valence-corrected chi connectivity index (χ4v) is 2.16. The highest BCUT2D eigenvalue weighted by Gasteiger charge is 2.13. The quantitative estimate of drug-likeness (QED) is 0.758. The van der Waals surface area contributed by atoms with Crippen LogP contribution in [0.3, 0.4) is 0 Å². The van der Waals surface area contributed by atoms with Crippen molar-refractivity contribution in [1.29, 1.82) is 0 Å². The molecule has 0 amide bonds. The minimum Gasteiger partial charge on any atom is -0.390 e. The van der Waals surface area contributed by atoms with Gasteiger partial charge in [0, 0.05) is 25.7 Å². The van der Waals surface area contributed by atoms with Crippen molar-refractivity contribution in [3.8, 4) is 0 Å². The highest BCUT2D eigenvalue weighted by Crippen LogP contribution is 2.16. The van der Waals surface area contributed by atoms with Crippen molar-refractivity contribution in [2.75, 3.05) is 24.5 Å². The van der Waals surface area contributed by atoms with Crippen LogP contribution in [0.4, 0.5) is 5.69 Å². The van der Waals surface area contributed by atoms with Gasteiger partial charge in [0.1, 0.15) is 0 Å². The molecule has 1 fully saturated rings. The summed E-state index contributed by atoms with van der Waals surface area (Å²) >= 11 is 0. The molecule has 18 heavy (non-hydrogen) atoms. The summed E-state index contributed by atoms with van der Waals surface area (Å²) in [4.78, 5) is 14.0. The number of rotatable bonds is 4. The molecule has 0 aliphatic carbocycles. The summed E-state index contributed by atoms with van der Waals surface area (Å²) in [5.41, 5.74) is 6.00. The van der Waals surface area contributed by atoms with Crippen LogP contribution >= 0.6 is 0 Å². The molecule has 0 unspecified atom stereocenters. The summed E-state index contributed by atoms with van der Waals surface area (Å²) in [5, 5.41) is 13.5. The van der Waals surface area contributed by atoms with Gasteiger partial charge in [-0.1, -0.05) is 0 Å². The Morgan fingerprint density at radius 1 is 1.39 bits per heavy atom. The van der Waals surface area contributed by atoms with Gasteiger partial charge in [-0.3, -0.25) is 4.79 Å². The number of aliphatic hydroxyl groups is 1. The topological polar surface area (TPSA) is 84.4 Å². The Morgan fingerprint density at radius 2 is 2.11 bits per heavy atom. The van der Waals surface area contributed by atoms with Crippen molar-refractivity contribution >= 4 is 5.69 Å². The predicted octanol–water partition coefficient (Wildman–Crippen LogP) is -0.447. The Hall–Kier alpha value is -1.40. The maximum absolute atomic E-state index is 11.9. The lowest BCUT2D eigenvalue weighted by molar-refractivity contribution is 0.155. The first kappa shape index (κ1) is 13.0. The minimum atomic E-state index is -0.726. The van der Waals surface area contributed by atoms with E-state index in [4.69, 9.17) is 5.73 Å². The lowest BCUT2D eigenvalue weighted by atomic mass is 10.1. The molecule has 1 aliphatic rings. The largest absolute Gasteiger partial charge is 0.390 e. The van der Waals surface area contributed by atoms with Crippen LogP contribution in [-0.4, -0.2) is 40.6 Å². The van der Waals surface area contributed by atoms with Crippen molar-refractivity contribution in [2.24, 2.45) is 5.73 Å². The van der Waals surface area contributed by atoms with Gasteiger partial charge in [-0.05, 0) is 19.3 Å². The number of hydrogen-bond acceptors (Lipinski definition) is 5. The van der Waals surface area contributed by atoms with Crippen LogP contribution in [0.25, 0.3) is 0 Å². The van der Waals surface area contributed by atoms with Crippen molar-refractivity contribution in [1.82, 2.24) is 9.78 Å². The van der Waals surface area contributed by atoms with E-state index in [9.17, 15) is 9.90 Å². The number of nitrogens with zero attached hydrogens (tertiary/aromatic N) is 3. The second-order valence-electron chi connectivity index (χ2n) is 4.67.